The molecule has 0 aromatic rings. The molecule has 1 fully saturated rings. The third-order valence-electron chi connectivity index (χ3n) is 3.32. The second-order valence-electron chi connectivity index (χ2n) is 5.04. The molecule has 1 heterocycles. The van der Waals surface area contributed by atoms with Crippen molar-refractivity contribution in [3.8, 4) is 0 Å². The highest BCUT2D eigenvalue weighted by molar-refractivity contribution is 7.89. The summed E-state index contributed by atoms with van der Waals surface area (Å²) in [5.41, 5.74) is 0. The molecule has 1 N–H and O–H groups in total. The van der Waals surface area contributed by atoms with Gasteiger partial charge in [0.15, 0.2) is 0 Å². The molecule has 0 spiro atoms. The van der Waals surface area contributed by atoms with Crippen molar-refractivity contribution in [2.45, 2.75) is 38.5 Å². The van der Waals surface area contributed by atoms with E-state index in [2.05, 4.69) is 5.32 Å². The summed E-state index contributed by atoms with van der Waals surface area (Å²) >= 11 is 5.65. The smallest absolute Gasteiger partial charge is 0.237 e. The fourth-order valence-electron chi connectivity index (χ4n) is 2.06. The Bertz CT molecular complexity index is 398. The molecule has 0 aromatic carbocycles. The average Bonchev–Trinajstić information content (AvgIpc) is 2.82. The van der Waals surface area contributed by atoms with E-state index in [0.29, 0.717) is 26.1 Å². The third kappa shape index (κ3) is 5.28. The molecule has 1 aliphatic heterocycles. The van der Waals surface area contributed by atoms with Gasteiger partial charge in [-0.1, -0.05) is 13.3 Å². The molecule has 112 valence electrons. The van der Waals surface area contributed by atoms with Crippen LogP contribution in [0, 0.1) is 5.92 Å². The Morgan fingerprint density at radius 2 is 2.21 bits per heavy atom. The maximum absolute atomic E-state index is 12.0. The Kier molecular flexibility index (Phi) is 6.56. The minimum absolute atomic E-state index is 0.191. The van der Waals surface area contributed by atoms with Crippen LogP contribution in [0.15, 0.2) is 0 Å². The third-order valence-corrected chi connectivity index (χ3v) is 5.45. The summed E-state index contributed by atoms with van der Waals surface area (Å²) < 4.78 is 25.5. The molecule has 19 heavy (non-hydrogen) atoms. The van der Waals surface area contributed by atoms with Crippen molar-refractivity contribution >= 4 is 27.5 Å². The Morgan fingerprint density at radius 1 is 1.53 bits per heavy atom. The molecule has 7 heteroatoms. The first-order valence-corrected chi connectivity index (χ1v) is 8.81. The first-order valence-electron chi connectivity index (χ1n) is 6.76. The SMILES string of the molecule is CCCCS(=O)(=O)N1CCC(CNC(=O)C(C)Cl)C1. The predicted octanol–water partition coefficient (Wildman–Crippen LogP) is 1.18. The normalized spacial score (nSPS) is 22.4. The summed E-state index contributed by atoms with van der Waals surface area (Å²) in [4.78, 5) is 11.3. The lowest BCUT2D eigenvalue weighted by atomic mass is 10.1. The minimum atomic E-state index is -3.12. The van der Waals surface area contributed by atoms with Crippen molar-refractivity contribution in [1.29, 1.82) is 0 Å². The van der Waals surface area contributed by atoms with E-state index < -0.39 is 15.4 Å². The topological polar surface area (TPSA) is 66.5 Å². The van der Waals surface area contributed by atoms with Crippen LogP contribution in [0.4, 0.5) is 0 Å². The molecule has 0 bridgehead atoms. The van der Waals surface area contributed by atoms with Crippen LogP contribution in [0.25, 0.3) is 0 Å². The second kappa shape index (κ2) is 7.45. The Morgan fingerprint density at radius 3 is 2.79 bits per heavy atom. The van der Waals surface area contributed by atoms with E-state index in [4.69, 9.17) is 11.6 Å². The van der Waals surface area contributed by atoms with Crippen LogP contribution < -0.4 is 5.32 Å². The highest BCUT2D eigenvalue weighted by atomic mass is 35.5. The molecule has 1 rings (SSSR count). The lowest BCUT2D eigenvalue weighted by Gasteiger charge is -2.16. The number of carbonyl (C=O) groups is 1. The number of sulfonamides is 1. The van der Waals surface area contributed by atoms with Gasteiger partial charge in [0.1, 0.15) is 5.38 Å². The number of hydrogen-bond donors (Lipinski definition) is 1. The first kappa shape index (κ1) is 16.7. The molecule has 5 nitrogen and oxygen atoms in total. The van der Waals surface area contributed by atoms with Gasteiger partial charge in [0, 0.05) is 19.6 Å². The summed E-state index contributed by atoms with van der Waals surface area (Å²) in [6.07, 6.45) is 2.37. The number of unbranched alkanes of at least 4 members (excludes halogenated alkanes) is 1. The lowest BCUT2D eigenvalue weighted by Crippen LogP contribution is -2.36. The highest BCUT2D eigenvalue weighted by Gasteiger charge is 2.30. The lowest BCUT2D eigenvalue weighted by molar-refractivity contribution is -0.120. The van der Waals surface area contributed by atoms with Gasteiger partial charge >= 0.3 is 0 Å². The molecule has 0 aliphatic carbocycles. The molecule has 1 amide bonds. The summed E-state index contributed by atoms with van der Waals surface area (Å²) in [6.45, 7) is 5.15. The van der Waals surface area contributed by atoms with Gasteiger partial charge in [-0.2, -0.15) is 0 Å². The van der Waals surface area contributed by atoms with E-state index in [1.165, 1.54) is 0 Å². The molecule has 2 atom stereocenters. The van der Waals surface area contributed by atoms with Gasteiger partial charge in [0.05, 0.1) is 5.75 Å². The first-order chi connectivity index (χ1) is 8.86. The van der Waals surface area contributed by atoms with Crippen LogP contribution in [0.5, 0.6) is 0 Å². The fraction of sp³-hybridized carbons (Fsp3) is 0.917. The van der Waals surface area contributed by atoms with Gasteiger partial charge in [0.25, 0.3) is 0 Å². The zero-order valence-corrected chi connectivity index (χ0v) is 13.1. The second-order valence-corrected chi connectivity index (χ2v) is 7.79. The number of halogens is 1. The van der Waals surface area contributed by atoms with Crippen LogP contribution in [0.3, 0.4) is 0 Å². The van der Waals surface area contributed by atoms with Gasteiger partial charge in [-0.05, 0) is 25.7 Å². The largest absolute Gasteiger partial charge is 0.355 e. The number of carbonyl (C=O) groups excluding carboxylic acids is 1. The zero-order chi connectivity index (χ0) is 14.5. The van der Waals surface area contributed by atoms with Gasteiger partial charge in [0.2, 0.25) is 15.9 Å². The number of hydrogen-bond acceptors (Lipinski definition) is 3. The van der Waals surface area contributed by atoms with Crippen LogP contribution in [0.1, 0.15) is 33.1 Å². The maximum atomic E-state index is 12.0. The molecule has 2 unspecified atom stereocenters. The molecule has 0 saturated carbocycles. The van der Waals surface area contributed by atoms with Crippen molar-refractivity contribution in [3.05, 3.63) is 0 Å². The number of nitrogens with one attached hydrogen (secondary N) is 1. The quantitative estimate of drug-likeness (QED) is 0.718. The van der Waals surface area contributed by atoms with Crippen molar-refractivity contribution in [1.82, 2.24) is 9.62 Å². The van der Waals surface area contributed by atoms with E-state index in [1.807, 2.05) is 6.92 Å². The van der Waals surface area contributed by atoms with Crippen molar-refractivity contribution < 1.29 is 13.2 Å². The molecular weight excluding hydrogens is 288 g/mol. The molecule has 0 aromatic heterocycles. The Balaban J connectivity index is 2.39. The zero-order valence-electron chi connectivity index (χ0n) is 11.6. The summed E-state index contributed by atoms with van der Waals surface area (Å²) in [5, 5.41) is 2.20. The molecule has 0 radical (unpaired) electrons. The maximum Gasteiger partial charge on any atom is 0.237 e. The Labute approximate surface area is 120 Å². The van der Waals surface area contributed by atoms with Gasteiger partial charge in [-0.25, -0.2) is 12.7 Å². The number of alkyl halides is 1. The average molecular weight is 311 g/mol. The van der Waals surface area contributed by atoms with Gasteiger partial charge < -0.3 is 5.32 Å². The monoisotopic (exact) mass is 310 g/mol. The van der Waals surface area contributed by atoms with E-state index in [0.717, 1.165) is 12.8 Å². The number of rotatable bonds is 7. The summed E-state index contributed by atoms with van der Waals surface area (Å²) in [5.74, 6) is 0.214. The summed E-state index contributed by atoms with van der Waals surface area (Å²) in [7, 11) is -3.12. The van der Waals surface area contributed by atoms with Crippen LogP contribution in [0.2, 0.25) is 0 Å². The van der Waals surface area contributed by atoms with Crippen molar-refractivity contribution in [2.75, 3.05) is 25.4 Å². The molecule has 1 aliphatic rings. The molecule has 1 saturated heterocycles. The molecular formula is C12H23ClN2O3S. The van der Waals surface area contributed by atoms with Crippen LogP contribution >= 0.6 is 11.6 Å². The van der Waals surface area contributed by atoms with E-state index in [-0.39, 0.29) is 17.6 Å². The summed E-state index contributed by atoms with van der Waals surface area (Å²) in [6, 6.07) is 0. The van der Waals surface area contributed by atoms with Crippen molar-refractivity contribution in [3.63, 3.8) is 0 Å². The standard InChI is InChI=1S/C12H23ClN2O3S/c1-3-4-7-19(17,18)15-6-5-11(9-15)8-14-12(16)10(2)13/h10-11H,3-9H2,1-2H3,(H,14,16). The van der Waals surface area contributed by atoms with E-state index in [9.17, 15) is 13.2 Å². The van der Waals surface area contributed by atoms with Gasteiger partial charge in [-0.15, -0.1) is 11.6 Å². The number of amides is 1. The van der Waals surface area contributed by atoms with E-state index in [1.54, 1.807) is 11.2 Å². The van der Waals surface area contributed by atoms with E-state index >= 15 is 0 Å². The van der Waals surface area contributed by atoms with Gasteiger partial charge in [-0.3, -0.25) is 4.79 Å². The van der Waals surface area contributed by atoms with Crippen LogP contribution in [-0.2, 0) is 14.8 Å². The predicted molar refractivity (Wildman–Crippen MR) is 76.7 cm³/mol. The van der Waals surface area contributed by atoms with Crippen molar-refractivity contribution in [2.24, 2.45) is 5.92 Å². The highest BCUT2D eigenvalue weighted by Crippen LogP contribution is 2.19. The van der Waals surface area contributed by atoms with Crippen LogP contribution in [-0.4, -0.2) is 49.4 Å². The fourth-order valence-corrected chi connectivity index (χ4v) is 3.87. The number of nitrogens with zero attached hydrogens (tertiary/aromatic N) is 1. The minimum Gasteiger partial charge on any atom is -0.355 e. The Hall–Kier alpha value is -0.330.